The van der Waals surface area contributed by atoms with Crippen LogP contribution in [0, 0.1) is 6.92 Å². The first-order chi connectivity index (χ1) is 16.9. The van der Waals surface area contributed by atoms with E-state index in [-0.39, 0.29) is 47.1 Å². The van der Waals surface area contributed by atoms with E-state index >= 15 is 0 Å². The molecule has 190 valence electrons. The zero-order valence-electron chi connectivity index (χ0n) is 20.3. The van der Waals surface area contributed by atoms with Gasteiger partial charge in [-0.15, -0.1) is 0 Å². The molecule has 0 amide bonds. The van der Waals surface area contributed by atoms with Crippen molar-refractivity contribution in [3.63, 3.8) is 0 Å². The Labute approximate surface area is 207 Å². The smallest absolute Gasteiger partial charge is 0.198 e. The van der Waals surface area contributed by atoms with Crippen molar-refractivity contribution in [3.05, 3.63) is 63.2 Å². The number of hydrogen-bond donors (Lipinski definition) is 4. The summed E-state index contributed by atoms with van der Waals surface area (Å²) in [5, 5.41) is 32.8. The van der Waals surface area contributed by atoms with Crippen LogP contribution in [-0.4, -0.2) is 62.8 Å². The Bertz CT molecular complexity index is 1290. The summed E-state index contributed by atoms with van der Waals surface area (Å²) in [6.45, 7) is 4.57. The minimum atomic E-state index is -1.81. The number of fused-ring (bicyclic) bond motifs is 3. The average Bonchev–Trinajstić information content (AvgIpc) is 2.82. The number of ether oxygens (including phenoxy) is 2. The highest BCUT2D eigenvalue weighted by atomic mass is 16.7. The first kappa shape index (κ1) is 24.7. The topological polar surface area (TPSA) is 156 Å². The number of aromatic hydroxyl groups is 1. The van der Waals surface area contributed by atoms with Crippen molar-refractivity contribution in [2.45, 2.75) is 76.3 Å². The molecule has 2 aliphatic carbocycles. The molecular formula is C27H29NO8. The van der Waals surface area contributed by atoms with E-state index in [4.69, 9.17) is 15.2 Å². The van der Waals surface area contributed by atoms with Crippen LogP contribution in [0.15, 0.2) is 24.3 Å². The number of nitrogens with two attached hydrogens (primary N) is 1. The monoisotopic (exact) mass is 495 g/mol. The molecule has 6 unspecified atom stereocenters. The lowest BCUT2D eigenvalue weighted by atomic mass is 9.70. The molecule has 5 N–H and O–H groups in total. The predicted octanol–water partition coefficient (Wildman–Crippen LogP) is 1.62. The van der Waals surface area contributed by atoms with Gasteiger partial charge in [-0.3, -0.25) is 14.4 Å². The summed E-state index contributed by atoms with van der Waals surface area (Å²) >= 11 is 0. The molecule has 0 spiro atoms. The van der Waals surface area contributed by atoms with Gasteiger partial charge in [0.2, 0.25) is 0 Å². The fourth-order valence-corrected chi connectivity index (χ4v) is 5.68. The van der Waals surface area contributed by atoms with E-state index in [1.54, 1.807) is 38.1 Å². The number of rotatable bonds is 3. The van der Waals surface area contributed by atoms with E-state index in [0.29, 0.717) is 11.1 Å². The van der Waals surface area contributed by atoms with Crippen molar-refractivity contribution < 1.29 is 39.2 Å². The third-order valence-electron chi connectivity index (χ3n) is 7.80. The molecule has 0 radical (unpaired) electrons. The maximum absolute atomic E-state index is 13.4. The minimum absolute atomic E-state index is 0.0641. The fraction of sp³-hybridized carbons (Fsp3) is 0.444. The molecule has 1 heterocycles. The van der Waals surface area contributed by atoms with Gasteiger partial charge in [-0.1, -0.05) is 24.3 Å². The van der Waals surface area contributed by atoms with Gasteiger partial charge in [-0.2, -0.15) is 0 Å². The standard InChI is InChI=1S/C27H29NO8/c1-11-16-9-27(34,13(3)29)10-18(36-19-8-17(28)23(30)12(2)35-19)21(16)26(33)22-20(11)24(31)14-6-4-5-7-15(14)25(22)32/h4-7,12,17-19,23,30,33-34H,8-10,28H2,1-3H3. The quantitative estimate of drug-likeness (QED) is 0.424. The number of benzene rings is 2. The number of carbonyl (C=O) groups excluding carboxylic acids is 3. The van der Waals surface area contributed by atoms with Crippen LogP contribution in [0.4, 0.5) is 0 Å². The fourth-order valence-electron chi connectivity index (χ4n) is 5.68. The van der Waals surface area contributed by atoms with Crippen LogP contribution in [0.1, 0.15) is 81.3 Å². The van der Waals surface area contributed by atoms with Crippen LogP contribution in [-0.2, 0) is 20.7 Å². The molecule has 5 rings (SSSR count). The number of carbonyl (C=O) groups is 3. The van der Waals surface area contributed by atoms with Gasteiger partial charge in [0.15, 0.2) is 23.6 Å². The second-order valence-corrected chi connectivity index (χ2v) is 10.1. The number of ketones is 3. The van der Waals surface area contributed by atoms with Gasteiger partial charge < -0.3 is 30.5 Å². The van der Waals surface area contributed by atoms with E-state index in [2.05, 4.69) is 0 Å². The molecule has 0 aromatic heterocycles. The molecule has 3 aliphatic rings. The average molecular weight is 496 g/mol. The highest BCUT2D eigenvalue weighted by Crippen LogP contribution is 2.49. The lowest BCUT2D eigenvalue weighted by Crippen LogP contribution is -2.52. The molecule has 6 atom stereocenters. The molecule has 0 bridgehead atoms. The number of hydrogen-bond acceptors (Lipinski definition) is 9. The molecule has 1 saturated heterocycles. The van der Waals surface area contributed by atoms with Gasteiger partial charge in [0.25, 0.3) is 0 Å². The summed E-state index contributed by atoms with van der Waals surface area (Å²) in [5.74, 6) is -1.78. The molecule has 2 aromatic carbocycles. The lowest BCUT2D eigenvalue weighted by Gasteiger charge is -2.42. The van der Waals surface area contributed by atoms with Crippen molar-refractivity contribution in [3.8, 4) is 5.75 Å². The molecule has 1 fully saturated rings. The van der Waals surface area contributed by atoms with E-state index in [0.717, 1.165) is 0 Å². The van der Waals surface area contributed by atoms with Gasteiger partial charge in [-0.05, 0) is 31.9 Å². The second kappa shape index (κ2) is 8.57. The van der Waals surface area contributed by atoms with Crippen LogP contribution in [0.25, 0.3) is 0 Å². The van der Waals surface area contributed by atoms with Gasteiger partial charge in [0.1, 0.15) is 11.4 Å². The number of aliphatic hydroxyl groups is 2. The van der Waals surface area contributed by atoms with Gasteiger partial charge in [0.05, 0.1) is 23.9 Å². The lowest BCUT2D eigenvalue weighted by molar-refractivity contribution is -0.247. The summed E-state index contributed by atoms with van der Waals surface area (Å²) in [4.78, 5) is 39.4. The molecule has 9 nitrogen and oxygen atoms in total. The number of phenols is 1. The Morgan fingerprint density at radius 1 is 1.17 bits per heavy atom. The van der Waals surface area contributed by atoms with Crippen molar-refractivity contribution in [2.24, 2.45) is 5.73 Å². The van der Waals surface area contributed by atoms with Crippen molar-refractivity contribution in [1.82, 2.24) is 0 Å². The third-order valence-corrected chi connectivity index (χ3v) is 7.80. The van der Waals surface area contributed by atoms with Crippen LogP contribution >= 0.6 is 0 Å². The summed E-state index contributed by atoms with van der Waals surface area (Å²) in [5.41, 5.74) is 5.65. The second-order valence-electron chi connectivity index (χ2n) is 10.1. The Kier molecular flexibility index (Phi) is 5.89. The van der Waals surface area contributed by atoms with Crippen LogP contribution in [0.2, 0.25) is 0 Å². The zero-order valence-corrected chi connectivity index (χ0v) is 20.3. The SMILES string of the molecule is CC(=O)C1(O)Cc2c(C)c3c(c(O)c2C(OC2CC(N)C(O)C(C)O2)C1)C(=O)c1ccccc1C3=O. The van der Waals surface area contributed by atoms with E-state index in [1.165, 1.54) is 6.92 Å². The Morgan fingerprint density at radius 3 is 2.36 bits per heavy atom. The van der Waals surface area contributed by atoms with Crippen LogP contribution in [0.5, 0.6) is 5.75 Å². The van der Waals surface area contributed by atoms with Crippen LogP contribution < -0.4 is 5.73 Å². The summed E-state index contributed by atoms with van der Waals surface area (Å²) < 4.78 is 11.9. The molecule has 0 saturated carbocycles. The highest BCUT2D eigenvalue weighted by Gasteiger charge is 2.48. The first-order valence-corrected chi connectivity index (χ1v) is 12.0. The number of phenolic OH excluding ortho intramolecular Hbond substituents is 1. The molecule has 1 aliphatic heterocycles. The minimum Gasteiger partial charge on any atom is -0.507 e. The zero-order chi connectivity index (χ0) is 26.1. The largest absolute Gasteiger partial charge is 0.507 e. The Morgan fingerprint density at radius 2 is 1.78 bits per heavy atom. The third kappa shape index (κ3) is 3.62. The normalized spacial score (nSPS) is 31.4. The van der Waals surface area contributed by atoms with E-state index in [9.17, 15) is 29.7 Å². The Hall–Kier alpha value is -2.95. The van der Waals surface area contributed by atoms with Crippen molar-refractivity contribution in [2.75, 3.05) is 0 Å². The van der Waals surface area contributed by atoms with Gasteiger partial charge in [0, 0.05) is 47.6 Å². The Balaban J connectivity index is 1.66. The summed E-state index contributed by atoms with van der Waals surface area (Å²) in [6.07, 6.45) is -3.62. The maximum atomic E-state index is 13.4. The molecule has 2 aromatic rings. The van der Waals surface area contributed by atoms with Gasteiger partial charge in [-0.25, -0.2) is 0 Å². The summed E-state index contributed by atoms with van der Waals surface area (Å²) in [6, 6.07) is 5.79. The van der Waals surface area contributed by atoms with Crippen LogP contribution in [0.3, 0.4) is 0 Å². The summed E-state index contributed by atoms with van der Waals surface area (Å²) in [7, 11) is 0. The van der Waals surface area contributed by atoms with Gasteiger partial charge >= 0.3 is 0 Å². The maximum Gasteiger partial charge on any atom is 0.198 e. The first-order valence-electron chi connectivity index (χ1n) is 12.0. The number of aliphatic hydroxyl groups excluding tert-OH is 1. The van der Waals surface area contributed by atoms with E-state index < -0.39 is 59.3 Å². The number of Topliss-reactive ketones (excluding diaryl/α,β-unsaturated/α-hetero) is 1. The molecule has 9 heteroatoms. The van der Waals surface area contributed by atoms with E-state index in [1.807, 2.05) is 0 Å². The van der Waals surface area contributed by atoms with Crippen molar-refractivity contribution >= 4 is 17.3 Å². The molecular weight excluding hydrogens is 466 g/mol. The van der Waals surface area contributed by atoms with Crippen molar-refractivity contribution in [1.29, 1.82) is 0 Å². The highest BCUT2D eigenvalue weighted by molar-refractivity contribution is 6.30. The molecule has 36 heavy (non-hydrogen) atoms. The predicted molar refractivity (Wildman–Crippen MR) is 127 cm³/mol.